The summed E-state index contributed by atoms with van der Waals surface area (Å²) in [6.45, 7) is 0. The van der Waals surface area contributed by atoms with Crippen molar-refractivity contribution in [1.29, 1.82) is 0 Å². The van der Waals surface area contributed by atoms with Crippen LogP contribution in [0.3, 0.4) is 0 Å². The molecule has 3 nitrogen and oxygen atoms in total. The summed E-state index contributed by atoms with van der Waals surface area (Å²) in [5.41, 5.74) is 5.99. The molecule has 1 atom stereocenters. The molecule has 1 unspecified atom stereocenters. The monoisotopic (exact) mass is 288 g/mol. The topological polar surface area (TPSA) is 55.1 Å². The molecule has 0 aliphatic carbocycles. The van der Waals surface area contributed by atoms with Crippen molar-refractivity contribution in [1.82, 2.24) is 5.32 Å². The number of nitrogens with two attached hydrogens (primary N) is 1. The standard InChI is InChI=1S/C12H14ClFN2OS/c13-7-1-2-10(11(17)16-12(15)18)8-3-5-9(14)6-4-8/h3-6,10H,1-2,7H2,(H3,15,16,17,18). The fourth-order valence-electron chi connectivity index (χ4n) is 1.63. The normalized spacial score (nSPS) is 11.9. The molecule has 0 spiro atoms. The lowest BCUT2D eigenvalue weighted by molar-refractivity contribution is -0.121. The quantitative estimate of drug-likeness (QED) is 0.646. The van der Waals surface area contributed by atoms with Crippen molar-refractivity contribution < 1.29 is 9.18 Å². The van der Waals surface area contributed by atoms with Gasteiger partial charge in [-0.3, -0.25) is 4.79 Å². The average molecular weight is 289 g/mol. The van der Waals surface area contributed by atoms with Gasteiger partial charge in [0, 0.05) is 5.88 Å². The first-order valence-electron chi connectivity index (χ1n) is 5.46. The fraction of sp³-hybridized carbons (Fsp3) is 0.333. The van der Waals surface area contributed by atoms with Crippen molar-refractivity contribution in [2.45, 2.75) is 18.8 Å². The third kappa shape index (κ3) is 4.58. The number of halogens is 2. The lowest BCUT2D eigenvalue weighted by Gasteiger charge is -2.16. The highest BCUT2D eigenvalue weighted by atomic mass is 35.5. The van der Waals surface area contributed by atoms with Crippen LogP contribution in [0, 0.1) is 5.82 Å². The molecule has 0 radical (unpaired) electrons. The third-order valence-corrected chi connectivity index (χ3v) is 2.83. The van der Waals surface area contributed by atoms with Gasteiger partial charge in [0.25, 0.3) is 0 Å². The van der Waals surface area contributed by atoms with Crippen molar-refractivity contribution in [3.8, 4) is 0 Å². The minimum absolute atomic E-state index is 0.0713. The predicted octanol–water partition coefficient (Wildman–Crippen LogP) is 2.29. The highest BCUT2D eigenvalue weighted by molar-refractivity contribution is 7.80. The lowest BCUT2D eigenvalue weighted by Crippen LogP contribution is -2.38. The van der Waals surface area contributed by atoms with Gasteiger partial charge in [-0.15, -0.1) is 11.6 Å². The van der Waals surface area contributed by atoms with Crippen LogP contribution in [-0.2, 0) is 4.79 Å². The largest absolute Gasteiger partial charge is 0.376 e. The van der Waals surface area contributed by atoms with Gasteiger partial charge < -0.3 is 11.1 Å². The summed E-state index contributed by atoms with van der Waals surface area (Å²) in [7, 11) is 0. The average Bonchev–Trinajstić information content (AvgIpc) is 2.31. The molecular weight excluding hydrogens is 275 g/mol. The van der Waals surface area contributed by atoms with Gasteiger partial charge in [0.05, 0.1) is 5.92 Å². The van der Waals surface area contributed by atoms with Crippen LogP contribution in [0.2, 0.25) is 0 Å². The van der Waals surface area contributed by atoms with Crippen molar-refractivity contribution in [3.05, 3.63) is 35.6 Å². The van der Waals surface area contributed by atoms with Crippen molar-refractivity contribution in [2.75, 3.05) is 5.88 Å². The van der Waals surface area contributed by atoms with Gasteiger partial charge in [-0.25, -0.2) is 4.39 Å². The van der Waals surface area contributed by atoms with Crippen LogP contribution < -0.4 is 11.1 Å². The number of nitrogens with one attached hydrogen (secondary N) is 1. The van der Waals surface area contributed by atoms with E-state index in [1.54, 1.807) is 12.1 Å². The molecule has 1 aromatic rings. The van der Waals surface area contributed by atoms with Crippen molar-refractivity contribution in [2.24, 2.45) is 5.73 Å². The summed E-state index contributed by atoms with van der Waals surface area (Å²) in [6, 6.07) is 5.79. The molecule has 1 aromatic carbocycles. The van der Waals surface area contributed by atoms with E-state index < -0.39 is 5.92 Å². The second kappa shape index (κ2) is 7.28. The van der Waals surface area contributed by atoms with Crippen molar-refractivity contribution in [3.63, 3.8) is 0 Å². The molecule has 0 heterocycles. The number of hydrogen-bond acceptors (Lipinski definition) is 2. The number of benzene rings is 1. The van der Waals surface area contributed by atoms with Crippen molar-refractivity contribution >= 4 is 34.8 Å². The molecular formula is C12H14ClFN2OS. The first-order valence-corrected chi connectivity index (χ1v) is 6.40. The van der Waals surface area contributed by atoms with E-state index in [1.165, 1.54) is 12.1 Å². The second-order valence-corrected chi connectivity index (χ2v) is 4.61. The molecule has 0 aliphatic heterocycles. The molecule has 0 aromatic heterocycles. The molecule has 0 saturated heterocycles. The number of thiocarbonyl (C=S) groups is 1. The number of carbonyl (C=O) groups is 1. The van der Waals surface area contributed by atoms with Crippen LogP contribution in [0.25, 0.3) is 0 Å². The molecule has 18 heavy (non-hydrogen) atoms. The SMILES string of the molecule is NC(=S)NC(=O)C(CCCCl)c1ccc(F)cc1. The Morgan fingerprint density at radius 1 is 1.44 bits per heavy atom. The summed E-state index contributed by atoms with van der Waals surface area (Å²) in [4.78, 5) is 11.9. The smallest absolute Gasteiger partial charge is 0.233 e. The molecule has 1 amide bonds. The summed E-state index contributed by atoms with van der Waals surface area (Å²) >= 11 is 10.3. The van der Waals surface area contributed by atoms with Crippen LogP contribution in [0.1, 0.15) is 24.3 Å². The lowest BCUT2D eigenvalue weighted by atomic mass is 9.93. The Kier molecular flexibility index (Phi) is 6.01. The van der Waals surface area contributed by atoms with Gasteiger partial charge in [-0.1, -0.05) is 12.1 Å². The van der Waals surface area contributed by atoms with E-state index in [-0.39, 0.29) is 16.8 Å². The van der Waals surface area contributed by atoms with E-state index in [0.717, 1.165) is 5.56 Å². The Bertz CT molecular complexity index is 425. The highest BCUT2D eigenvalue weighted by Gasteiger charge is 2.20. The number of amides is 1. The van der Waals surface area contributed by atoms with E-state index in [2.05, 4.69) is 17.5 Å². The van der Waals surface area contributed by atoms with E-state index in [4.69, 9.17) is 17.3 Å². The number of hydrogen-bond donors (Lipinski definition) is 2. The summed E-state index contributed by atoms with van der Waals surface area (Å²) in [5.74, 6) is -0.604. The molecule has 0 aliphatic rings. The second-order valence-electron chi connectivity index (χ2n) is 3.79. The van der Waals surface area contributed by atoms with Gasteiger partial charge in [0.1, 0.15) is 5.82 Å². The Labute approximate surface area is 115 Å². The van der Waals surface area contributed by atoms with Gasteiger partial charge in [0.15, 0.2) is 5.11 Å². The highest BCUT2D eigenvalue weighted by Crippen LogP contribution is 2.22. The zero-order valence-corrected chi connectivity index (χ0v) is 11.2. The van der Waals surface area contributed by atoms with Gasteiger partial charge >= 0.3 is 0 Å². The Balaban J connectivity index is 2.86. The third-order valence-electron chi connectivity index (χ3n) is 2.46. The molecule has 0 fully saturated rings. The van der Waals surface area contributed by atoms with Gasteiger partial charge in [-0.05, 0) is 42.8 Å². The minimum Gasteiger partial charge on any atom is -0.376 e. The van der Waals surface area contributed by atoms with Gasteiger partial charge in [0.2, 0.25) is 5.91 Å². The maximum atomic E-state index is 12.9. The Morgan fingerprint density at radius 3 is 2.56 bits per heavy atom. The molecule has 1 rings (SSSR count). The minimum atomic E-state index is -0.425. The zero-order chi connectivity index (χ0) is 13.5. The molecule has 98 valence electrons. The maximum absolute atomic E-state index is 12.9. The van der Waals surface area contributed by atoms with Crippen LogP contribution >= 0.6 is 23.8 Å². The predicted molar refractivity (Wildman–Crippen MR) is 74.0 cm³/mol. The molecule has 0 bridgehead atoms. The van der Waals surface area contributed by atoms with E-state index in [0.29, 0.717) is 18.7 Å². The molecule has 0 saturated carbocycles. The maximum Gasteiger partial charge on any atom is 0.233 e. The number of carbonyl (C=O) groups excluding carboxylic acids is 1. The molecule has 3 N–H and O–H groups in total. The van der Waals surface area contributed by atoms with E-state index >= 15 is 0 Å². The van der Waals surface area contributed by atoms with E-state index in [9.17, 15) is 9.18 Å². The first kappa shape index (κ1) is 14.9. The fourth-order valence-corrected chi connectivity index (χ4v) is 1.89. The molecule has 6 heteroatoms. The van der Waals surface area contributed by atoms with E-state index in [1.807, 2.05) is 0 Å². The summed E-state index contributed by atoms with van der Waals surface area (Å²) in [6.07, 6.45) is 1.23. The van der Waals surface area contributed by atoms with Crippen LogP contribution in [0.5, 0.6) is 0 Å². The van der Waals surface area contributed by atoms with Crippen LogP contribution in [0.4, 0.5) is 4.39 Å². The first-order chi connectivity index (χ1) is 8.54. The Hall–Kier alpha value is -1.20. The number of alkyl halides is 1. The number of rotatable bonds is 5. The van der Waals surface area contributed by atoms with Crippen LogP contribution in [-0.4, -0.2) is 16.9 Å². The van der Waals surface area contributed by atoms with Gasteiger partial charge in [-0.2, -0.15) is 0 Å². The van der Waals surface area contributed by atoms with Crippen LogP contribution in [0.15, 0.2) is 24.3 Å². The summed E-state index contributed by atoms with van der Waals surface area (Å²) < 4.78 is 12.9. The Morgan fingerprint density at radius 2 is 2.06 bits per heavy atom. The zero-order valence-electron chi connectivity index (χ0n) is 9.66. The summed E-state index contributed by atoms with van der Waals surface area (Å²) in [5, 5.41) is 2.33.